The van der Waals surface area contributed by atoms with Crippen LogP contribution in [0.5, 0.6) is 11.5 Å². The Bertz CT molecular complexity index is 728. The van der Waals surface area contributed by atoms with Crippen LogP contribution < -0.4 is 20.1 Å². The van der Waals surface area contributed by atoms with Crippen LogP contribution in [0.15, 0.2) is 30.6 Å². The molecule has 0 saturated heterocycles. The number of hydrogen-bond acceptors (Lipinski definition) is 5. The van der Waals surface area contributed by atoms with E-state index in [-0.39, 0.29) is 11.9 Å². The van der Waals surface area contributed by atoms with Crippen molar-refractivity contribution in [3.63, 3.8) is 0 Å². The van der Waals surface area contributed by atoms with Crippen molar-refractivity contribution < 1.29 is 14.3 Å². The summed E-state index contributed by atoms with van der Waals surface area (Å²) >= 11 is 0. The molecule has 2 N–H and O–H groups in total. The Hall–Kier alpha value is -2.54. The van der Waals surface area contributed by atoms with Crippen LogP contribution in [0, 0.1) is 0 Å². The number of nitrogens with zero attached hydrogens (tertiary/aromatic N) is 2. The molecule has 2 aromatic rings. The fourth-order valence-corrected chi connectivity index (χ4v) is 2.75. The second-order valence-corrected chi connectivity index (χ2v) is 5.80. The second-order valence-electron chi connectivity index (χ2n) is 5.80. The minimum absolute atomic E-state index is 0.104. The van der Waals surface area contributed by atoms with E-state index in [1.54, 1.807) is 17.9 Å². The fourth-order valence-electron chi connectivity index (χ4n) is 2.75. The Labute approximate surface area is 140 Å². The SMILES string of the molecule is CNC(C(=O)NC(C)c1ccc2c(c1)OCCO2)c1cnn(C)c1. The van der Waals surface area contributed by atoms with Gasteiger partial charge in [-0.25, -0.2) is 0 Å². The molecule has 1 aromatic carbocycles. The molecular weight excluding hydrogens is 308 g/mol. The minimum atomic E-state index is -0.446. The van der Waals surface area contributed by atoms with Crippen molar-refractivity contribution in [2.75, 3.05) is 20.3 Å². The first-order valence-electron chi connectivity index (χ1n) is 7.94. The maximum absolute atomic E-state index is 12.6. The van der Waals surface area contributed by atoms with Crippen LogP contribution in [0.25, 0.3) is 0 Å². The van der Waals surface area contributed by atoms with E-state index < -0.39 is 6.04 Å². The van der Waals surface area contributed by atoms with Crippen molar-refractivity contribution in [3.8, 4) is 11.5 Å². The van der Waals surface area contributed by atoms with E-state index in [2.05, 4.69) is 15.7 Å². The zero-order chi connectivity index (χ0) is 17.1. The highest BCUT2D eigenvalue weighted by Crippen LogP contribution is 2.32. The van der Waals surface area contributed by atoms with Gasteiger partial charge in [0.05, 0.1) is 12.2 Å². The van der Waals surface area contributed by atoms with Gasteiger partial charge in [-0.15, -0.1) is 0 Å². The molecule has 0 bridgehead atoms. The largest absolute Gasteiger partial charge is 0.486 e. The number of ether oxygens (including phenoxy) is 2. The number of nitrogens with one attached hydrogen (secondary N) is 2. The van der Waals surface area contributed by atoms with E-state index >= 15 is 0 Å². The van der Waals surface area contributed by atoms with Crippen LogP contribution in [-0.2, 0) is 11.8 Å². The third-order valence-electron chi connectivity index (χ3n) is 4.03. The average Bonchev–Trinajstić information content (AvgIpc) is 3.01. The molecular formula is C17H22N4O3. The van der Waals surface area contributed by atoms with E-state index in [9.17, 15) is 4.79 Å². The summed E-state index contributed by atoms with van der Waals surface area (Å²) in [5.41, 5.74) is 1.79. The lowest BCUT2D eigenvalue weighted by Crippen LogP contribution is -2.37. The van der Waals surface area contributed by atoms with E-state index in [4.69, 9.17) is 9.47 Å². The number of benzene rings is 1. The molecule has 128 valence electrons. The molecule has 2 heterocycles. The van der Waals surface area contributed by atoms with Gasteiger partial charge < -0.3 is 20.1 Å². The maximum Gasteiger partial charge on any atom is 0.242 e. The third-order valence-corrected chi connectivity index (χ3v) is 4.03. The van der Waals surface area contributed by atoms with Gasteiger partial charge >= 0.3 is 0 Å². The normalized spacial score (nSPS) is 15.6. The highest BCUT2D eigenvalue weighted by atomic mass is 16.6. The first kappa shape index (κ1) is 16.3. The highest BCUT2D eigenvalue weighted by Gasteiger charge is 2.22. The summed E-state index contributed by atoms with van der Waals surface area (Å²) in [6, 6.07) is 5.14. The van der Waals surface area contributed by atoms with Crippen molar-refractivity contribution in [1.29, 1.82) is 0 Å². The van der Waals surface area contributed by atoms with Gasteiger partial charge in [0.15, 0.2) is 11.5 Å². The molecule has 0 radical (unpaired) electrons. The van der Waals surface area contributed by atoms with E-state index in [1.165, 1.54) is 0 Å². The number of aryl methyl sites for hydroxylation is 1. The molecule has 0 saturated carbocycles. The molecule has 1 aliphatic heterocycles. The molecule has 7 nitrogen and oxygen atoms in total. The predicted octanol–water partition coefficient (Wildman–Crippen LogP) is 1.33. The Morgan fingerprint density at radius 2 is 2.00 bits per heavy atom. The Morgan fingerprint density at radius 1 is 1.25 bits per heavy atom. The molecule has 1 amide bonds. The van der Waals surface area contributed by atoms with Gasteiger partial charge in [0, 0.05) is 18.8 Å². The van der Waals surface area contributed by atoms with Gasteiger partial charge in [-0.3, -0.25) is 9.48 Å². The molecule has 0 fully saturated rings. The third kappa shape index (κ3) is 3.35. The first-order chi connectivity index (χ1) is 11.6. The monoisotopic (exact) mass is 330 g/mol. The number of carbonyl (C=O) groups excluding carboxylic acids is 1. The zero-order valence-electron chi connectivity index (χ0n) is 14.1. The fraction of sp³-hybridized carbons (Fsp3) is 0.412. The molecule has 2 atom stereocenters. The van der Waals surface area contributed by atoms with Crippen molar-refractivity contribution in [2.45, 2.75) is 19.0 Å². The Kier molecular flexibility index (Phi) is 4.71. The molecule has 24 heavy (non-hydrogen) atoms. The number of aromatic nitrogens is 2. The van der Waals surface area contributed by atoms with Gasteiger partial charge in [-0.1, -0.05) is 6.07 Å². The summed E-state index contributed by atoms with van der Waals surface area (Å²) in [5, 5.41) is 10.2. The summed E-state index contributed by atoms with van der Waals surface area (Å²) in [6.07, 6.45) is 3.52. The van der Waals surface area contributed by atoms with Gasteiger partial charge in [0.1, 0.15) is 19.3 Å². The number of rotatable bonds is 5. The van der Waals surface area contributed by atoms with Gasteiger partial charge in [0.2, 0.25) is 5.91 Å². The van der Waals surface area contributed by atoms with Crippen LogP contribution in [0.1, 0.15) is 30.1 Å². The molecule has 0 aliphatic carbocycles. The van der Waals surface area contributed by atoms with E-state index in [0.29, 0.717) is 13.2 Å². The van der Waals surface area contributed by atoms with Crippen LogP contribution in [0.2, 0.25) is 0 Å². The topological polar surface area (TPSA) is 77.4 Å². The number of fused-ring (bicyclic) bond motifs is 1. The Balaban J connectivity index is 1.71. The number of hydrogen-bond donors (Lipinski definition) is 2. The molecule has 2 unspecified atom stereocenters. The van der Waals surface area contributed by atoms with E-state index in [0.717, 1.165) is 22.6 Å². The lowest BCUT2D eigenvalue weighted by molar-refractivity contribution is -0.123. The van der Waals surface area contributed by atoms with Crippen molar-refractivity contribution >= 4 is 5.91 Å². The molecule has 3 rings (SSSR count). The summed E-state index contributed by atoms with van der Waals surface area (Å²) in [4.78, 5) is 12.6. The predicted molar refractivity (Wildman–Crippen MR) is 89.0 cm³/mol. The molecule has 7 heteroatoms. The molecule has 1 aromatic heterocycles. The number of carbonyl (C=O) groups is 1. The lowest BCUT2D eigenvalue weighted by atomic mass is 10.1. The zero-order valence-corrected chi connectivity index (χ0v) is 14.1. The summed E-state index contributed by atoms with van der Waals surface area (Å²) < 4.78 is 12.8. The Morgan fingerprint density at radius 3 is 2.67 bits per heavy atom. The summed E-state index contributed by atoms with van der Waals surface area (Å²) in [7, 11) is 3.58. The smallest absolute Gasteiger partial charge is 0.242 e. The first-order valence-corrected chi connectivity index (χ1v) is 7.94. The van der Waals surface area contributed by atoms with Gasteiger partial charge in [-0.05, 0) is 31.7 Å². The lowest BCUT2D eigenvalue weighted by Gasteiger charge is -2.22. The van der Waals surface area contributed by atoms with Crippen LogP contribution in [0.4, 0.5) is 0 Å². The van der Waals surface area contributed by atoms with Crippen molar-refractivity contribution in [1.82, 2.24) is 20.4 Å². The minimum Gasteiger partial charge on any atom is -0.486 e. The maximum atomic E-state index is 12.6. The van der Waals surface area contributed by atoms with Crippen molar-refractivity contribution in [2.24, 2.45) is 7.05 Å². The van der Waals surface area contributed by atoms with Crippen LogP contribution >= 0.6 is 0 Å². The standard InChI is InChI=1S/C17H22N4O3/c1-11(12-4-5-14-15(8-12)24-7-6-23-14)20-17(22)16(18-2)13-9-19-21(3)10-13/h4-5,8-11,16,18H,6-7H2,1-3H3,(H,20,22). The van der Waals surface area contributed by atoms with Gasteiger partial charge in [-0.2, -0.15) is 5.10 Å². The quantitative estimate of drug-likeness (QED) is 0.865. The summed E-state index contributed by atoms with van der Waals surface area (Å²) in [5.74, 6) is 1.36. The van der Waals surface area contributed by atoms with Gasteiger partial charge in [0.25, 0.3) is 0 Å². The number of amides is 1. The van der Waals surface area contributed by atoms with E-state index in [1.807, 2.05) is 38.4 Å². The van der Waals surface area contributed by atoms with Crippen molar-refractivity contribution in [3.05, 3.63) is 41.7 Å². The van der Waals surface area contributed by atoms with Crippen LogP contribution in [-0.4, -0.2) is 35.9 Å². The molecule has 0 spiro atoms. The molecule has 1 aliphatic rings. The van der Waals surface area contributed by atoms with Crippen LogP contribution in [0.3, 0.4) is 0 Å². The number of likely N-dealkylation sites (N-methyl/N-ethyl adjacent to an activating group) is 1. The average molecular weight is 330 g/mol. The summed E-state index contributed by atoms with van der Waals surface area (Å²) in [6.45, 7) is 3.05. The highest BCUT2D eigenvalue weighted by molar-refractivity contribution is 5.83. The second kappa shape index (κ2) is 6.92.